The number of nitrogens with zero attached hydrogens (tertiary/aromatic N) is 1. The number of hydrogen-bond acceptors (Lipinski definition) is 6. The number of esters is 1. The fraction of sp³-hybridized carbons (Fsp3) is 0.188. The molecule has 3 aromatic rings. The summed E-state index contributed by atoms with van der Waals surface area (Å²) >= 11 is 1.46. The van der Waals surface area contributed by atoms with Gasteiger partial charge in [0, 0.05) is 13.0 Å². The van der Waals surface area contributed by atoms with Gasteiger partial charge < -0.3 is 9.15 Å². The molecular formula is C16H13NO4S. The Morgan fingerprint density at radius 1 is 1.32 bits per heavy atom. The summed E-state index contributed by atoms with van der Waals surface area (Å²) in [5.41, 5.74) is 1.57. The third-order valence-electron chi connectivity index (χ3n) is 3.16. The van der Waals surface area contributed by atoms with Crippen molar-refractivity contribution in [3.63, 3.8) is 0 Å². The van der Waals surface area contributed by atoms with Crippen molar-refractivity contribution in [1.82, 2.24) is 4.98 Å². The molecule has 0 saturated heterocycles. The molecule has 2 aromatic heterocycles. The molecule has 2 heterocycles. The van der Waals surface area contributed by atoms with Gasteiger partial charge in [-0.1, -0.05) is 0 Å². The summed E-state index contributed by atoms with van der Waals surface area (Å²) in [4.78, 5) is 28.8. The summed E-state index contributed by atoms with van der Waals surface area (Å²) in [5.74, 6) is -0.0743. The van der Waals surface area contributed by atoms with Gasteiger partial charge in [0.15, 0.2) is 0 Å². The normalized spacial score (nSPS) is 10.9. The van der Waals surface area contributed by atoms with Crippen molar-refractivity contribution in [3.05, 3.63) is 45.4 Å². The summed E-state index contributed by atoms with van der Waals surface area (Å²) in [6.07, 6.45) is 1.43. The van der Waals surface area contributed by atoms with Gasteiger partial charge in [-0.05, 0) is 26.0 Å². The largest absolute Gasteiger partial charge is 0.463 e. The Balaban J connectivity index is 2.16. The summed E-state index contributed by atoms with van der Waals surface area (Å²) in [5, 5.41) is 1.34. The Hall–Kier alpha value is -2.47. The molecule has 6 heteroatoms. The second-order valence-electron chi connectivity index (χ2n) is 4.88. The Labute approximate surface area is 130 Å². The summed E-state index contributed by atoms with van der Waals surface area (Å²) in [6, 6.07) is 4.72. The maximum absolute atomic E-state index is 12.6. The zero-order chi connectivity index (χ0) is 15.9. The molecule has 0 unspecified atom stereocenters. The van der Waals surface area contributed by atoms with Crippen LogP contribution in [0.15, 0.2) is 33.7 Å². The van der Waals surface area contributed by atoms with E-state index in [1.807, 2.05) is 13.8 Å². The van der Waals surface area contributed by atoms with E-state index in [-0.39, 0.29) is 5.43 Å². The van der Waals surface area contributed by atoms with Crippen LogP contribution in [-0.2, 0) is 4.79 Å². The topological polar surface area (TPSA) is 69.4 Å². The number of carbonyl (C=O) groups excluding carboxylic acids is 1. The first kappa shape index (κ1) is 14.5. The van der Waals surface area contributed by atoms with E-state index >= 15 is 0 Å². The quantitative estimate of drug-likeness (QED) is 0.535. The lowest BCUT2D eigenvalue weighted by molar-refractivity contribution is -0.131. The van der Waals surface area contributed by atoms with Gasteiger partial charge in [-0.3, -0.25) is 9.59 Å². The Kier molecular flexibility index (Phi) is 3.54. The number of aromatic nitrogens is 1. The summed E-state index contributed by atoms with van der Waals surface area (Å²) < 4.78 is 10.5. The molecule has 22 heavy (non-hydrogen) atoms. The highest BCUT2D eigenvalue weighted by atomic mass is 32.1. The smallest absolute Gasteiger partial charge is 0.308 e. The van der Waals surface area contributed by atoms with E-state index in [9.17, 15) is 9.59 Å². The fourth-order valence-corrected chi connectivity index (χ4v) is 3.20. The van der Waals surface area contributed by atoms with Gasteiger partial charge in [-0.25, -0.2) is 4.98 Å². The monoisotopic (exact) mass is 315 g/mol. The van der Waals surface area contributed by atoms with Crippen molar-refractivity contribution >= 4 is 28.3 Å². The molecule has 0 saturated carbocycles. The van der Waals surface area contributed by atoms with E-state index in [2.05, 4.69) is 4.98 Å². The number of benzene rings is 1. The first-order valence-electron chi connectivity index (χ1n) is 6.64. The zero-order valence-corrected chi connectivity index (χ0v) is 13.1. The van der Waals surface area contributed by atoms with E-state index in [0.29, 0.717) is 22.3 Å². The molecule has 0 atom stereocenters. The summed E-state index contributed by atoms with van der Waals surface area (Å²) in [6.45, 7) is 5.08. The van der Waals surface area contributed by atoms with Gasteiger partial charge in [-0.15, -0.1) is 11.3 Å². The van der Waals surface area contributed by atoms with Crippen LogP contribution in [0.5, 0.6) is 5.75 Å². The van der Waals surface area contributed by atoms with Crippen LogP contribution in [0.1, 0.15) is 17.6 Å². The second kappa shape index (κ2) is 5.38. The van der Waals surface area contributed by atoms with Crippen molar-refractivity contribution in [2.45, 2.75) is 20.8 Å². The highest BCUT2D eigenvalue weighted by Crippen LogP contribution is 2.29. The van der Waals surface area contributed by atoms with Gasteiger partial charge >= 0.3 is 5.97 Å². The van der Waals surface area contributed by atoms with Crippen LogP contribution >= 0.6 is 11.3 Å². The molecule has 5 nitrogen and oxygen atoms in total. The lowest BCUT2D eigenvalue weighted by atomic mass is 10.1. The number of hydrogen-bond donors (Lipinski definition) is 0. The molecule has 3 rings (SSSR count). The average Bonchev–Trinajstić information content (AvgIpc) is 2.77. The van der Waals surface area contributed by atoms with Crippen molar-refractivity contribution in [2.24, 2.45) is 0 Å². The van der Waals surface area contributed by atoms with E-state index in [4.69, 9.17) is 9.15 Å². The first-order valence-corrected chi connectivity index (χ1v) is 7.45. The predicted molar refractivity (Wildman–Crippen MR) is 84.4 cm³/mol. The van der Waals surface area contributed by atoms with Crippen LogP contribution in [0.3, 0.4) is 0 Å². The fourth-order valence-electron chi connectivity index (χ4n) is 2.28. The standard InChI is InChI=1S/C16H13NO4S/c1-8-16(22-9(2)17-8)13-7-20-14-6-11(21-10(3)18)4-5-12(14)15(13)19/h4-7H,1-3H3. The highest BCUT2D eigenvalue weighted by Gasteiger charge is 2.15. The lowest BCUT2D eigenvalue weighted by Crippen LogP contribution is -2.06. The SMILES string of the molecule is CC(=O)Oc1ccc2c(=O)c(-c3sc(C)nc3C)coc2c1. The van der Waals surface area contributed by atoms with Crippen molar-refractivity contribution in [3.8, 4) is 16.2 Å². The Morgan fingerprint density at radius 3 is 2.73 bits per heavy atom. The molecule has 0 bridgehead atoms. The van der Waals surface area contributed by atoms with Gasteiger partial charge in [0.05, 0.1) is 26.5 Å². The van der Waals surface area contributed by atoms with Gasteiger partial charge in [0.2, 0.25) is 5.43 Å². The summed E-state index contributed by atoms with van der Waals surface area (Å²) in [7, 11) is 0. The molecule has 0 amide bonds. The van der Waals surface area contributed by atoms with Crippen LogP contribution in [0.25, 0.3) is 21.4 Å². The van der Waals surface area contributed by atoms with Crippen molar-refractivity contribution in [1.29, 1.82) is 0 Å². The van der Waals surface area contributed by atoms with E-state index in [0.717, 1.165) is 15.6 Å². The number of aryl methyl sites for hydroxylation is 2. The molecule has 0 radical (unpaired) electrons. The van der Waals surface area contributed by atoms with Gasteiger partial charge in [0.25, 0.3) is 0 Å². The van der Waals surface area contributed by atoms with Crippen molar-refractivity contribution in [2.75, 3.05) is 0 Å². The molecular weight excluding hydrogens is 302 g/mol. The lowest BCUT2D eigenvalue weighted by Gasteiger charge is -2.04. The molecule has 0 N–H and O–H groups in total. The number of rotatable bonds is 2. The molecule has 112 valence electrons. The number of thiazole rings is 1. The minimum Gasteiger partial charge on any atom is -0.463 e. The maximum Gasteiger partial charge on any atom is 0.308 e. The number of carbonyl (C=O) groups is 1. The third kappa shape index (κ3) is 2.53. The van der Waals surface area contributed by atoms with Crippen LogP contribution in [0, 0.1) is 13.8 Å². The Morgan fingerprint density at radius 2 is 2.09 bits per heavy atom. The zero-order valence-electron chi connectivity index (χ0n) is 12.3. The molecule has 0 fully saturated rings. The van der Waals surface area contributed by atoms with Crippen LogP contribution in [0.2, 0.25) is 0 Å². The number of ether oxygens (including phenoxy) is 1. The third-order valence-corrected chi connectivity index (χ3v) is 4.26. The van der Waals surface area contributed by atoms with Crippen LogP contribution in [0.4, 0.5) is 0 Å². The molecule has 0 spiro atoms. The van der Waals surface area contributed by atoms with Crippen LogP contribution in [-0.4, -0.2) is 11.0 Å². The number of fused-ring (bicyclic) bond motifs is 1. The average molecular weight is 315 g/mol. The Bertz CT molecular complexity index is 939. The van der Waals surface area contributed by atoms with Gasteiger partial charge in [0.1, 0.15) is 17.6 Å². The molecule has 0 aliphatic rings. The minimum absolute atomic E-state index is 0.123. The van der Waals surface area contributed by atoms with Crippen LogP contribution < -0.4 is 10.2 Å². The second-order valence-corrected chi connectivity index (χ2v) is 6.08. The molecule has 0 aliphatic carbocycles. The predicted octanol–water partition coefficient (Wildman–Crippen LogP) is 3.46. The minimum atomic E-state index is -0.422. The van der Waals surface area contributed by atoms with E-state index in [1.165, 1.54) is 30.6 Å². The maximum atomic E-state index is 12.6. The van der Waals surface area contributed by atoms with E-state index < -0.39 is 5.97 Å². The molecule has 0 aliphatic heterocycles. The highest BCUT2D eigenvalue weighted by molar-refractivity contribution is 7.15. The molecule has 1 aromatic carbocycles. The van der Waals surface area contributed by atoms with E-state index in [1.54, 1.807) is 12.1 Å². The van der Waals surface area contributed by atoms with Crippen molar-refractivity contribution < 1.29 is 13.9 Å². The first-order chi connectivity index (χ1) is 10.5. The van der Waals surface area contributed by atoms with Gasteiger partial charge in [-0.2, -0.15) is 0 Å².